The van der Waals surface area contributed by atoms with Crippen LogP contribution in [0.5, 0.6) is 28.7 Å². The summed E-state index contributed by atoms with van der Waals surface area (Å²) in [6, 6.07) is 7.25. The van der Waals surface area contributed by atoms with Crippen LogP contribution in [0.3, 0.4) is 0 Å². The monoisotopic (exact) mass is 358 g/mol. The predicted octanol–water partition coefficient (Wildman–Crippen LogP) is 2.63. The van der Waals surface area contributed by atoms with Crippen LogP contribution in [-0.4, -0.2) is 34.1 Å². The summed E-state index contributed by atoms with van der Waals surface area (Å²) in [6.45, 7) is 0.169. The number of ether oxygens (including phenoxy) is 6. The number of cyclic esters (lactones) is 1. The Kier molecular flexibility index (Phi) is 3.99. The normalized spacial score (nSPS) is 17.3. The van der Waals surface area contributed by atoms with Crippen LogP contribution in [-0.2, 0) is 16.0 Å². The van der Waals surface area contributed by atoms with E-state index >= 15 is 0 Å². The molecule has 2 heterocycles. The van der Waals surface area contributed by atoms with Gasteiger partial charge in [-0.3, -0.25) is 4.79 Å². The number of fused-ring (bicyclic) bond motifs is 2. The molecule has 1 atom stereocenters. The maximum Gasteiger partial charge on any atom is 0.311 e. The molecule has 1 unspecified atom stereocenters. The first-order valence-electron chi connectivity index (χ1n) is 8.06. The van der Waals surface area contributed by atoms with Crippen LogP contribution in [0.2, 0.25) is 0 Å². The van der Waals surface area contributed by atoms with Crippen molar-refractivity contribution in [3.63, 3.8) is 0 Å². The molecule has 2 aliphatic rings. The van der Waals surface area contributed by atoms with E-state index in [9.17, 15) is 4.79 Å². The maximum atomic E-state index is 12.2. The van der Waals surface area contributed by atoms with Crippen LogP contribution >= 0.6 is 0 Å². The lowest BCUT2D eigenvalue weighted by atomic mass is 9.92. The summed E-state index contributed by atoms with van der Waals surface area (Å²) < 4.78 is 32.7. The molecule has 26 heavy (non-hydrogen) atoms. The molecule has 136 valence electrons. The molecule has 0 aromatic heterocycles. The van der Waals surface area contributed by atoms with Gasteiger partial charge in [0.1, 0.15) is 0 Å². The Bertz CT molecular complexity index is 849. The van der Waals surface area contributed by atoms with Crippen molar-refractivity contribution in [2.45, 2.75) is 12.5 Å². The number of hydrogen-bond donors (Lipinski definition) is 0. The minimum absolute atomic E-state index is 0.169. The molecule has 0 amide bonds. The predicted molar refractivity (Wildman–Crippen MR) is 90.3 cm³/mol. The molecule has 2 aliphatic heterocycles. The van der Waals surface area contributed by atoms with Crippen molar-refractivity contribution in [1.29, 1.82) is 0 Å². The van der Waals surface area contributed by atoms with Gasteiger partial charge in [-0.05, 0) is 29.8 Å². The van der Waals surface area contributed by atoms with Crippen LogP contribution in [0.1, 0.15) is 22.8 Å². The number of benzene rings is 2. The Morgan fingerprint density at radius 3 is 2.19 bits per heavy atom. The van der Waals surface area contributed by atoms with Crippen molar-refractivity contribution in [3.05, 3.63) is 41.0 Å². The molecule has 2 aromatic carbocycles. The summed E-state index contributed by atoms with van der Waals surface area (Å²) in [6.07, 6.45) is -0.415. The van der Waals surface area contributed by atoms with Crippen LogP contribution in [0.25, 0.3) is 0 Å². The summed E-state index contributed by atoms with van der Waals surface area (Å²) in [5, 5.41) is 0. The molecular formula is C19H18O7. The molecule has 4 rings (SSSR count). The summed E-state index contributed by atoms with van der Waals surface area (Å²) >= 11 is 0. The molecule has 0 spiro atoms. The molecule has 0 saturated carbocycles. The molecule has 7 heteroatoms. The van der Waals surface area contributed by atoms with Gasteiger partial charge in [0, 0.05) is 11.1 Å². The lowest BCUT2D eigenvalue weighted by Gasteiger charge is -2.27. The third-order valence-corrected chi connectivity index (χ3v) is 4.49. The molecule has 0 radical (unpaired) electrons. The number of methoxy groups -OCH3 is 3. The lowest BCUT2D eigenvalue weighted by Crippen LogP contribution is -2.22. The van der Waals surface area contributed by atoms with Crippen LogP contribution in [0, 0.1) is 0 Å². The van der Waals surface area contributed by atoms with Gasteiger partial charge in [-0.2, -0.15) is 0 Å². The highest BCUT2D eigenvalue weighted by Gasteiger charge is 2.32. The Labute approximate surface area is 150 Å². The first kappa shape index (κ1) is 16.4. The highest BCUT2D eigenvalue weighted by atomic mass is 16.7. The molecule has 0 aliphatic carbocycles. The minimum atomic E-state index is -0.602. The highest BCUT2D eigenvalue weighted by molar-refractivity contribution is 5.77. The average Bonchev–Trinajstić information content (AvgIpc) is 3.11. The Balaban J connectivity index is 1.85. The van der Waals surface area contributed by atoms with E-state index in [0.29, 0.717) is 34.3 Å². The second-order valence-corrected chi connectivity index (χ2v) is 5.91. The second-order valence-electron chi connectivity index (χ2n) is 5.91. The smallest absolute Gasteiger partial charge is 0.311 e. The number of carbonyl (C=O) groups is 1. The van der Waals surface area contributed by atoms with E-state index in [1.807, 2.05) is 12.1 Å². The van der Waals surface area contributed by atoms with Gasteiger partial charge in [0.2, 0.25) is 12.5 Å². The van der Waals surface area contributed by atoms with E-state index in [2.05, 4.69) is 0 Å². The van der Waals surface area contributed by atoms with E-state index < -0.39 is 6.10 Å². The number of esters is 1. The zero-order chi connectivity index (χ0) is 18.3. The summed E-state index contributed by atoms with van der Waals surface area (Å²) in [4.78, 5) is 12.2. The van der Waals surface area contributed by atoms with Crippen molar-refractivity contribution in [2.75, 3.05) is 28.1 Å². The molecule has 0 N–H and O–H groups in total. The second kappa shape index (κ2) is 6.33. The largest absolute Gasteiger partial charge is 0.493 e. The first-order valence-corrected chi connectivity index (χ1v) is 8.06. The van der Waals surface area contributed by atoms with Gasteiger partial charge >= 0.3 is 5.97 Å². The maximum absolute atomic E-state index is 12.2. The van der Waals surface area contributed by atoms with Crippen LogP contribution in [0.15, 0.2) is 24.3 Å². The van der Waals surface area contributed by atoms with Gasteiger partial charge in [-0.1, -0.05) is 0 Å². The standard InChI is InChI=1S/C19H18O7/c1-21-15-5-11(6-16(22-2)19(15)23-3)18-12-8-14-13(24-9-25-14)4-10(12)7-17(20)26-18/h4-6,8,18H,7,9H2,1-3H3. The van der Waals surface area contributed by atoms with Gasteiger partial charge in [0.05, 0.1) is 27.8 Å². The van der Waals surface area contributed by atoms with Crippen molar-refractivity contribution < 1.29 is 33.2 Å². The van der Waals surface area contributed by atoms with Crippen LogP contribution in [0.4, 0.5) is 0 Å². The quantitative estimate of drug-likeness (QED) is 0.778. The molecule has 0 saturated heterocycles. The van der Waals surface area contributed by atoms with Crippen molar-refractivity contribution >= 4 is 5.97 Å². The fourth-order valence-electron chi connectivity index (χ4n) is 3.29. The fourth-order valence-corrected chi connectivity index (χ4v) is 3.29. The van der Waals surface area contributed by atoms with Crippen molar-refractivity contribution in [3.8, 4) is 28.7 Å². The SMILES string of the molecule is COc1cc(C2OC(=O)Cc3cc4c(cc32)OCO4)cc(OC)c1OC. The van der Waals surface area contributed by atoms with Gasteiger partial charge in [-0.15, -0.1) is 0 Å². The van der Waals surface area contributed by atoms with Crippen molar-refractivity contribution in [2.24, 2.45) is 0 Å². The lowest BCUT2D eigenvalue weighted by molar-refractivity contribution is -0.148. The highest BCUT2D eigenvalue weighted by Crippen LogP contribution is 2.45. The number of hydrogen-bond acceptors (Lipinski definition) is 7. The Morgan fingerprint density at radius 2 is 1.58 bits per heavy atom. The Hall–Kier alpha value is -3.09. The van der Waals surface area contributed by atoms with Crippen LogP contribution < -0.4 is 23.7 Å². The molecule has 2 aromatic rings. The molecule has 7 nitrogen and oxygen atoms in total. The third kappa shape index (κ3) is 2.56. The first-order chi connectivity index (χ1) is 12.6. The molecule has 0 fully saturated rings. The van der Waals surface area contributed by atoms with Crippen molar-refractivity contribution in [1.82, 2.24) is 0 Å². The van der Waals surface area contributed by atoms with E-state index in [1.165, 1.54) is 7.11 Å². The zero-order valence-electron chi connectivity index (χ0n) is 14.7. The molecular weight excluding hydrogens is 340 g/mol. The molecule has 0 bridgehead atoms. The summed E-state index contributed by atoms with van der Waals surface area (Å²) in [5.74, 6) is 2.43. The Morgan fingerprint density at radius 1 is 0.923 bits per heavy atom. The zero-order valence-corrected chi connectivity index (χ0v) is 14.7. The van der Waals surface area contributed by atoms with Gasteiger partial charge < -0.3 is 28.4 Å². The summed E-state index contributed by atoms with van der Waals surface area (Å²) in [7, 11) is 4.62. The van der Waals surface area contributed by atoms with Gasteiger partial charge in [-0.25, -0.2) is 0 Å². The minimum Gasteiger partial charge on any atom is -0.493 e. The average molecular weight is 358 g/mol. The number of rotatable bonds is 4. The number of carbonyl (C=O) groups excluding carboxylic acids is 1. The topological polar surface area (TPSA) is 72.5 Å². The van der Waals surface area contributed by atoms with E-state index in [-0.39, 0.29) is 19.2 Å². The van der Waals surface area contributed by atoms with Gasteiger partial charge in [0.15, 0.2) is 29.1 Å². The van der Waals surface area contributed by atoms with E-state index in [0.717, 1.165) is 11.1 Å². The summed E-state index contributed by atoms with van der Waals surface area (Å²) in [5.41, 5.74) is 2.42. The fraction of sp³-hybridized carbons (Fsp3) is 0.316. The van der Waals surface area contributed by atoms with E-state index in [4.69, 9.17) is 28.4 Å². The third-order valence-electron chi connectivity index (χ3n) is 4.49. The van der Waals surface area contributed by atoms with E-state index in [1.54, 1.807) is 26.4 Å². The van der Waals surface area contributed by atoms with Gasteiger partial charge in [0.25, 0.3) is 0 Å².